The summed E-state index contributed by atoms with van der Waals surface area (Å²) in [5.41, 5.74) is 0.864. The fourth-order valence-corrected chi connectivity index (χ4v) is 1.31. The van der Waals surface area contributed by atoms with Crippen LogP contribution in [-0.4, -0.2) is 12.0 Å². The van der Waals surface area contributed by atoms with Crippen LogP contribution in [0.2, 0.25) is 5.02 Å². The standard InChI is InChI=1S/C10H8ClF3O/c1-6-3-2-4-7(9(6)11)5-8(15)10(12,13)14/h2-4H,5H2,1H3. The number of ketones is 1. The molecule has 0 N–H and O–H groups in total. The van der Waals surface area contributed by atoms with Gasteiger partial charge in [0.25, 0.3) is 0 Å². The van der Waals surface area contributed by atoms with Crippen molar-refractivity contribution in [3.8, 4) is 0 Å². The molecule has 1 aromatic carbocycles. The molecule has 0 amide bonds. The van der Waals surface area contributed by atoms with Crippen LogP contribution in [0.4, 0.5) is 13.2 Å². The number of rotatable bonds is 2. The van der Waals surface area contributed by atoms with Crippen molar-refractivity contribution < 1.29 is 18.0 Å². The first-order chi connectivity index (χ1) is 6.82. The molecule has 0 saturated heterocycles. The Morgan fingerprint density at radius 3 is 2.53 bits per heavy atom. The Morgan fingerprint density at radius 2 is 2.00 bits per heavy atom. The van der Waals surface area contributed by atoms with Gasteiger partial charge in [0.05, 0.1) is 0 Å². The average molecular weight is 237 g/mol. The van der Waals surface area contributed by atoms with Crippen LogP contribution in [0.25, 0.3) is 0 Å². The summed E-state index contributed by atoms with van der Waals surface area (Å²) in [7, 11) is 0. The molecule has 0 radical (unpaired) electrons. The summed E-state index contributed by atoms with van der Waals surface area (Å²) in [6.45, 7) is 1.67. The minimum Gasteiger partial charge on any atom is -0.289 e. The van der Waals surface area contributed by atoms with E-state index in [1.165, 1.54) is 6.07 Å². The Labute approximate surface area is 89.9 Å². The van der Waals surface area contributed by atoms with E-state index >= 15 is 0 Å². The first kappa shape index (κ1) is 12.0. The maximum absolute atomic E-state index is 12.0. The Morgan fingerprint density at radius 1 is 1.40 bits per heavy atom. The lowest BCUT2D eigenvalue weighted by atomic mass is 10.1. The molecule has 0 unspecified atom stereocenters. The molecule has 0 aliphatic rings. The van der Waals surface area contributed by atoms with Gasteiger partial charge in [-0.25, -0.2) is 0 Å². The van der Waals surface area contributed by atoms with Crippen molar-refractivity contribution in [2.45, 2.75) is 19.5 Å². The third-order valence-corrected chi connectivity index (χ3v) is 2.48. The molecule has 5 heteroatoms. The number of halogens is 4. The number of carbonyl (C=O) groups excluding carboxylic acids is 1. The van der Waals surface area contributed by atoms with Gasteiger partial charge < -0.3 is 0 Å². The summed E-state index contributed by atoms with van der Waals surface area (Å²) in [4.78, 5) is 10.7. The fourth-order valence-electron chi connectivity index (χ4n) is 1.12. The molecule has 0 aliphatic heterocycles. The second-order valence-electron chi connectivity index (χ2n) is 3.15. The highest BCUT2D eigenvalue weighted by atomic mass is 35.5. The van der Waals surface area contributed by atoms with Crippen LogP contribution >= 0.6 is 11.6 Å². The molecular weight excluding hydrogens is 229 g/mol. The van der Waals surface area contributed by atoms with Crippen LogP contribution in [-0.2, 0) is 11.2 Å². The van der Waals surface area contributed by atoms with Gasteiger partial charge in [-0.05, 0) is 18.1 Å². The molecule has 1 nitrogen and oxygen atoms in total. The number of alkyl halides is 3. The minimum atomic E-state index is -4.80. The highest BCUT2D eigenvalue weighted by Crippen LogP contribution is 2.24. The number of Topliss-reactive ketones (excluding diaryl/α,β-unsaturated/α-hetero) is 1. The highest BCUT2D eigenvalue weighted by molar-refractivity contribution is 6.32. The third-order valence-electron chi connectivity index (χ3n) is 1.94. The van der Waals surface area contributed by atoms with E-state index in [0.717, 1.165) is 0 Å². The molecule has 0 aliphatic carbocycles. The molecule has 0 atom stereocenters. The van der Waals surface area contributed by atoms with Crippen LogP contribution in [0.5, 0.6) is 0 Å². The van der Waals surface area contributed by atoms with Gasteiger partial charge in [-0.3, -0.25) is 4.79 Å². The van der Waals surface area contributed by atoms with Crippen molar-refractivity contribution in [3.63, 3.8) is 0 Å². The Bertz CT molecular complexity index is 385. The molecule has 15 heavy (non-hydrogen) atoms. The summed E-state index contributed by atoms with van der Waals surface area (Å²) < 4.78 is 35.9. The maximum atomic E-state index is 12.0. The molecule has 0 aromatic heterocycles. The van der Waals surface area contributed by atoms with Gasteiger partial charge in [0.2, 0.25) is 5.78 Å². The van der Waals surface area contributed by atoms with Crippen LogP contribution in [0.15, 0.2) is 18.2 Å². The first-order valence-corrected chi connectivity index (χ1v) is 4.54. The monoisotopic (exact) mass is 236 g/mol. The normalized spacial score (nSPS) is 11.5. The summed E-state index contributed by atoms with van der Waals surface area (Å²) in [6.07, 6.45) is -5.50. The van der Waals surface area contributed by atoms with E-state index < -0.39 is 18.4 Å². The van der Waals surface area contributed by atoms with E-state index in [2.05, 4.69) is 0 Å². The van der Waals surface area contributed by atoms with Crippen LogP contribution < -0.4 is 0 Å². The zero-order chi connectivity index (χ0) is 11.6. The van der Waals surface area contributed by atoms with Crippen molar-refractivity contribution in [1.29, 1.82) is 0 Å². The van der Waals surface area contributed by atoms with Crippen LogP contribution in [0, 0.1) is 6.92 Å². The molecule has 1 aromatic rings. The number of aryl methyl sites for hydroxylation is 1. The Hall–Kier alpha value is -1.03. The van der Waals surface area contributed by atoms with Crippen LogP contribution in [0.3, 0.4) is 0 Å². The van der Waals surface area contributed by atoms with Gasteiger partial charge in [-0.15, -0.1) is 0 Å². The number of hydrogen-bond acceptors (Lipinski definition) is 1. The van der Waals surface area contributed by atoms with Gasteiger partial charge in [0.15, 0.2) is 0 Å². The highest BCUT2D eigenvalue weighted by Gasteiger charge is 2.38. The van der Waals surface area contributed by atoms with Gasteiger partial charge in [-0.1, -0.05) is 29.8 Å². The van der Waals surface area contributed by atoms with Crippen molar-refractivity contribution in [2.24, 2.45) is 0 Å². The van der Waals surface area contributed by atoms with Gasteiger partial charge in [0.1, 0.15) is 0 Å². The Balaban J connectivity index is 2.91. The van der Waals surface area contributed by atoms with Crippen molar-refractivity contribution >= 4 is 17.4 Å². The second kappa shape index (κ2) is 4.23. The fraction of sp³-hybridized carbons (Fsp3) is 0.300. The van der Waals surface area contributed by atoms with E-state index in [1.54, 1.807) is 19.1 Å². The lowest BCUT2D eigenvalue weighted by Gasteiger charge is -2.07. The van der Waals surface area contributed by atoms with E-state index in [1.807, 2.05) is 0 Å². The number of carbonyl (C=O) groups is 1. The SMILES string of the molecule is Cc1cccc(CC(=O)C(F)(F)F)c1Cl. The van der Waals surface area contributed by atoms with Gasteiger partial charge >= 0.3 is 6.18 Å². The van der Waals surface area contributed by atoms with E-state index in [4.69, 9.17) is 11.6 Å². The van der Waals surface area contributed by atoms with Crippen molar-refractivity contribution in [2.75, 3.05) is 0 Å². The molecule has 82 valence electrons. The van der Waals surface area contributed by atoms with E-state index in [9.17, 15) is 18.0 Å². The zero-order valence-electron chi connectivity index (χ0n) is 7.86. The maximum Gasteiger partial charge on any atom is 0.450 e. The second-order valence-corrected chi connectivity index (χ2v) is 3.52. The number of hydrogen-bond donors (Lipinski definition) is 0. The van der Waals surface area contributed by atoms with Crippen molar-refractivity contribution in [1.82, 2.24) is 0 Å². The quantitative estimate of drug-likeness (QED) is 0.770. The molecule has 1 rings (SSSR count). The van der Waals surface area contributed by atoms with Crippen LogP contribution in [0.1, 0.15) is 11.1 Å². The predicted octanol–water partition coefficient (Wildman–Crippen LogP) is 3.32. The molecule has 0 heterocycles. The number of benzene rings is 1. The largest absolute Gasteiger partial charge is 0.450 e. The Kier molecular flexibility index (Phi) is 3.39. The molecule has 0 bridgehead atoms. The zero-order valence-corrected chi connectivity index (χ0v) is 8.62. The molecule has 0 saturated carbocycles. The third kappa shape index (κ3) is 2.96. The molecule has 0 spiro atoms. The summed E-state index contributed by atoms with van der Waals surface area (Å²) in [6, 6.07) is 4.66. The topological polar surface area (TPSA) is 17.1 Å². The van der Waals surface area contributed by atoms with E-state index in [0.29, 0.717) is 5.56 Å². The molecule has 0 fully saturated rings. The summed E-state index contributed by atoms with van der Waals surface area (Å²) in [5.74, 6) is -1.78. The average Bonchev–Trinajstić information content (AvgIpc) is 2.11. The molecular formula is C10H8ClF3O. The van der Waals surface area contributed by atoms with Gasteiger partial charge in [-0.2, -0.15) is 13.2 Å². The van der Waals surface area contributed by atoms with Crippen molar-refractivity contribution in [3.05, 3.63) is 34.3 Å². The minimum absolute atomic E-state index is 0.207. The summed E-state index contributed by atoms with van der Waals surface area (Å²) in [5, 5.41) is 0.218. The van der Waals surface area contributed by atoms with E-state index in [-0.39, 0.29) is 10.6 Å². The first-order valence-electron chi connectivity index (χ1n) is 4.16. The summed E-state index contributed by atoms with van der Waals surface area (Å²) >= 11 is 5.77. The lowest BCUT2D eigenvalue weighted by Crippen LogP contribution is -2.24. The predicted molar refractivity (Wildman–Crippen MR) is 51.0 cm³/mol. The smallest absolute Gasteiger partial charge is 0.289 e. The van der Waals surface area contributed by atoms with Gasteiger partial charge in [0, 0.05) is 11.4 Å². The lowest BCUT2D eigenvalue weighted by molar-refractivity contribution is -0.170.